The number of nitrogens with zero attached hydrogens (tertiary/aromatic N) is 3. The van der Waals surface area contributed by atoms with Gasteiger partial charge < -0.3 is 4.42 Å². The molecule has 0 aliphatic rings. The summed E-state index contributed by atoms with van der Waals surface area (Å²) in [4.78, 5) is 10.1. The molecule has 1 heterocycles. The van der Waals surface area contributed by atoms with Crippen molar-refractivity contribution in [1.82, 2.24) is 10.2 Å². The number of rotatable bonds is 7. The predicted molar refractivity (Wildman–Crippen MR) is 117 cm³/mol. The Bertz CT molecular complexity index is 1370. The minimum absolute atomic E-state index is 0.0182. The molecule has 0 bridgehead atoms. The summed E-state index contributed by atoms with van der Waals surface area (Å²) in [7, 11) is -3.70. The fourth-order valence-corrected chi connectivity index (χ4v) is 4.63. The topological polar surface area (TPSA) is 116 Å². The Hall–Kier alpha value is -3.50. The van der Waals surface area contributed by atoms with E-state index in [-0.39, 0.29) is 10.6 Å². The number of aromatic nitrogens is 2. The fourth-order valence-electron chi connectivity index (χ4n) is 2.91. The summed E-state index contributed by atoms with van der Waals surface area (Å²) in [5, 5.41) is 22.2. The SMILES string of the molecule is O=[N+]([O-])c1ccc(S(=O)(=O)/C=C/CSc2nnc(-c3cccc4ccccc34)o2)cc1. The summed E-state index contributed by atoms with van der Waals surface area (Å²) in [5.41, 5.74) is 0.658. The average Bonchev–Trinajstić information content (AvgIpc) is 3.25. The molecule has 10 heteroatoms. The highest BCUT2D eigenvalue weighted by atomic mass is 32.2. The maximum atomic E-state index is 12.3. The maximum Gasteiger partial charge on any atom is 0.277 e. The lowest BCUT2D eigenvalue weighted by Gasteiger charge is -2.01. The molecule has 4 rings (SSSR count). The van der Waals surface area contributed by atoms with Crippen LogP contribution in [0.25, 0.3) is 22.2 Å². The van der Waals surface area contributed by atoms with Gasteiger partial charge in [0.25, 0.3) is 10.9 Å². The van der Waals surface area contributed by atoms with Crippen molar-refractivity contribution in [3.8, 4) is 11.5 Å². The Morgan fingerprint density at radius 2 is 1.74 bits per heavy atom. The first kappa shape index (κ1) is 20.8. The highest BCUT2D eigenvalue weighted by Crippen LogP contribution is 2.29. The summed E-state index contributed by atoms with van der Waals surface area (Å²) in [5.74, 6) is 0.686. The van der Waals surface area contributed by atoms with E-state index in [1.54, 1.807) is 0 Å². The van der Waals surface area contributed by atoms with Gasteiger partial charge >= 0.3 is 0 Å². The Morgan fingerprint density at radius 3 is 2.52 bits per heavy atom. The Balaban J connectivity index is 1.43. The van der Waals surface area contributed by atoms with Crippen molar-refractivity contribution in [2.75, 3.05) is 5.75 Å². The van der Waals surface area contributed by atoms with E-state index in [1.807, 2.05) is 42.5 Å². The van der Waals surface area contributed by atoms with Crippen LogP contribution < -0.4 is 0 Å². The van der Waals surface area contributed by atoms with Gasteiger partial charge in [-0.3, -0.25) is 10.1 Å². The summed E-state index contributed by atoms with van der Waals surface area (Å²) in [6, 6.07) is 18.4. The lowest BCUT2D eigenvalue weighted by Crippen LogP contribution is -1.97. The van der Waals surface area contributed by atoms with Crippen molar-refractivity contribution in [2.24, 2.45) is 0 Å². The first-order valence-electron chi connectivity index (χ1n) is 9.04. The van der Waals surface area contributed by atoms with Crippen molar-refractivity contribution in [3.63, 3.8) is 0 Å². The van der Waals surface area contributed by atoms with Crippen LogP contribution >= 0.6 is 11.8 Å². The van der Waals surface area contributed by atoms with Crippen molar-refractivity contribution >= 4 is 38.1 Å². The zero-order valence-electron chi connectivity index (χ0n) is 15.9. The van der Waals surface area contributed by atoms with Gasteiger partial charge in [0.2, 0.25) is 5.89 Å². The van der Waals surface area contributed by atoms with Gasteiger partial charge in [-0.25, -0.2) is 8.42 Å². The predicted octanol–water partition coefficient (Wildman–Crippen LogP) is 4.88. The maximum absolute atomic E-state index is 12.3. The largest absolute Gasteiger partial charge is 0.411 e. The summed E-state index contributed by atoms with van der Waals surface area (Å²) < 4.78 is 30.4. The molecular weight excluding hydrogens is 438 g/mol. The van der Waals surface area contributed by atoms with Gasteiger partial charge in [0, 0.05) is 28.9 Å². The Morgan fingerprint density at radius 1 is 1.00 bits per heavy atom. The molecule has 8 nitrogen and oxygen atoms in total. The number of hydrogen-bond donors (Lipinski definition) is 0. The molecule has 156 valence electrons. The molecule has 1 aromatic heterocycles. The van der Waals surface area contributed by atoms with E-state index in [1.165, 1.54) is 30.0 Å². The van der Waals surface area contributed by atoms with E-state index in [0.717, 1.165) is 33.9 Å². The molecule has 0 atom stereocenters. The van der Waals surface area contributed by atoms with Gasteiger partial charge in [-0.05, 0) is 29.0 Å². The molecule has 0 amide bonds. The van der Waals surface area contributed by atoms with Crippen LogP contribution in [0.5, 0.6) is 0 Å². The summed E-state index contributed by atoms with van der Waals surface area (Å²) in [6.45, 7) is 0. The Labute approximate surface area is 181 Å². The lowest BCUT2D eigenvalue weighted by molar-refractivity contribution is -0.384. The molecular formula is C21H15N3O5S2. The van der Waals surface area contributed by atoms with Crippen molar-refractivity contribution in [3.05, 3.63) is 88.3 Å². The molecule has 0 aliphatic carbocycles. The number of nitro benzene ring substituents is 1. The molecule has 0 radical (unpaired) electrons. The standard InChI is InChI=1S/C21H15N3O5S2/c25-24(26)16-9-11-17(12-10-16)31(27,28)14-4-13-30-21-23-22-20(29-21)19-8-3-6-15-5-1-2-7-18(15)19/h1-12,14H,13H2/b14-4+. The number of thioether (sulfide) groups is 1. The van der Waals surface area contributed by atoms with Gasteiger partial charge in [0.15, 0.2) is 9.84 Å². The second-order valence-electron chi connectivity index (χ2n) is 6.38. The van der Waals surface area contributed by atoms with E-state index >= 15 is 0 Å². The van der Waals surface area contributed by atoms with Crippen molar-refractivity contribution in [2.45, 2.75) is 10.1 Å². The zero-order chi connectivity index (χ0) is 21.8. The van der Waals surface area contributed by atoms with Crippen LogP contribution in [0.2, 0.25) is 0 Å². The average molecular weight is 454 g/mol. The molecule has 31 heavy (non-hydrogen) atoms. The molecule has 0 spiro atoms. The third kappa shape index (κ3) is 4.65. The van der Waals surface area contributed by atoms with Gasteiger partial charge in [-0.1, -0.05) is 54.2 Å². The number of fused-ring (bicyclic) bond motifs is 1. The second-order valence-corrected chi connectivity index (χ2v) is 9.18. The third-order valence-electron chi connectivity index (χ3n) is 4.38. The highest BCUT2D eigenvalue weighted by Gasteiger charge is 2.14. The fraction of sp³-hybridized carbons (Fsp3) is 0.0476. The van der Waals surface area contributed by atoms with Crippen molar-refractivity contribution in [1.29, 1.82) is 0 Å². The van der Waals surface area contributed by atoms with Crippen molar-refractivity contribution < 1.29 is 17.8 Å². The van der Waals surface area contributed by atoms with Crippen LogP contribution in [0.3, 0.4) is 0 Å². The summed E-state index contributed by atoms with van der Waals surface area (Å²) >= 11 is 1.20. The number of hydrogen-bond acceptors (Lipinski definition) is 8. The van der Waals surface area contributed by atoms with Crippen LogP contribution in [-0.2, 0) is 9.84 Å². The van der Waals surface area contributed by atoms with Gasteiger partial charge in [0.05, 0.1) is 9.82 Å². The minimum atomic E-state index is -3.70. The minimum Gasteiger partial charge on any atom is -0.411 e. The second kappa shape index (κ2) is 8.70. The zero-order valence-corrected chi connectivity index (χ0v) is 17.5. The van der Waals surface area contributed by atoms with Crippen LogP contribution in [0, 0.1) is 10.1 Å². The number of nitro groups is 1. The van der Waals surface area contributed by atoms with Crippen LogP contribution in [0.4, 0.5) is 5.69 Å². The van der Waals surface area contributed by atoms with Gasteiger partial charge in [-0.15, -0.1) is 10.2 Å². The molecule has 3 aromatic carbocycles. The number of non-ortho nitro benzene ring substituents is 1. The smallest absolute Gasteiger partial charge is 0.277 e. The molecule has 0 aliphatic heterocycles. The van der Waals surface area contributed by atoms with E-state index in [0.29, 0.717) is 16.9 Å². The van der Waals surface area contributed by atoms with Crippen LogP contribution in [0.15, 0.2) is 92.7 Å². The molecule has 0 unspecified atom stereocenters. The molecule has 0 saturated heterocycles. The summed E-state index contributed by atoms with van der Waals surface area (Å²) in [6.07, 6.45) is 1.46. The third-order valence-corrected chi connectivity index (χ3v) is 6.63. The van der Waals surface area contributed by atoms with E-state index < -0.39 is 14.8 Å². The number of benzene rings is 3. The van der Waals surface area contributed by atoms with Gasteiger partial charge in [-0.2, -0.15) is 0 Å². The quantitative estimate of drug-likeness (QED) is 0.221. The molecule has 4 aromatic rings. The highest BCUT2D eigenvalue weighted by molar-refractivity contribution is 7.99. The van der Waals surface area contributed by atoms with E-state index in [9.17, 15) is 18.5 Å². The van der Waals surface area contributed by atoms with Gasteiger partial charge in [0.1, 0.15) is 0 Å². The first-order chi connectivity index (χ1) is 14.9. The molecule has 0 N–H and O–H groups in total. The Kier molecular flexibility index (Phi) is 5.83. The van der Waals surface area contributed by atoms with E-state index in [4.69, 9.17) is 4.42 Å². The van der Waals surface area contributed by atoms with Crippen LogP contribution in [-0.4, -0.2) is 29.3 Å². The molecule has 0 fully saturated rings. The van der Waals surface area contributed by atoms with Crippen LogP contribution in [0.1, 0.15) is 0 Å². The normalized spacial score (nSPS) is 11.9. The number of sulfone groups is 1. The first-order valence-corrected chi connectivity index (χ1v) is 11.6. The lowest BCUT2D eigenvalue weighted by atomic mass is 10.0. The van der Waals surface area contributed by atoms with E-state index in [2.05, 4.69) is 10.2 Å². The molecule has 0 saturated carbocycles. The monoisotopic (exact) mass is 453 g/mol.